The highest BCUT2D eigenvalue weighted by Gasteiger charge is 2.56. The molecule has 2 N–H and O–H groups in total. The summed E-state index contributed by atoms with van der Waals surface area (Å²) in [6.45, 7) is 0. The zero-order valence-electron chi connectivity index (χ0n) is 18.1. The molecule has 0 saturated heterocycles. The van der Waals surface area contributed by atoms with Crippen LogP contribution in [0.5, 0.6) is 11.5 Å². The number of halogens is 3. The number of amides is 2. The topological polar surface area (TPSA) is 80.3 Å². The minimum absolute atomic E-state index is 0.0198. The largest absolute Gasteiger partial charge is 0.454 e. The summed E-state index contributed by atoms with van der Waals surface area (Å²) in [5.41, 5.74) is 0.0302. The molecule has 9 heteroatoms. The minimum atomic E-state index is -1.25. The molecule has 0 bridgehead atoms. The highest BCUT2D eigenvalue weighted by Crippen LogP contribution is 2.47. The summed E-state index contributed by atoms with van der Waals surface area (Å²) in [6.07, 6.45) is 2.30. The van der Waals surface area contributed by atoms with E-state index in [0.29, 0.717) is 29.8 Å². The summed E-state index contributed by atoms with van der Waals surface area (Å²) in [5, 5.41) is 5.97. The van der Waals surface area contributed by atoms with Gasteiger partial charge >= 0.3 is 0 Å². The Morgan fingerprint density at radius 3 is 2.23 bits per heavy atom. The predicted octanol–water partition coefficient (Wildman–Crippen LogP) is 6.43. The number of carbonyl (C=O) groups is 2. The Bertz CT molecular complexity index is 1460. The lowest BCUT2D eigenvalue weighted by atomic mass is 10.0. The third-order valence-corrected chi connectivity index (χ3v) is 6.29. The van der Waals surface area contributed by atoms with E-state index in [4.69, 9.17) is 4.74 Å². The molecule has 0 unspecified atom stereocenters. The molecule has 0 atom stereocenters. The van der Waals surface area contributed by atoms with Gasteiger partial charge in [-0.05, 0) is 73.5 Å². The number of nitrogens with zero attached hydrogens (tertiary/aromatic N) is 1. The van der Waals surface area contributed by atoms with Gasteiger partial charge in [-0.25, -0.2) is 8.78 Å². The van der Waals surface area contributed by atoms with Gasteiger partial charge in [-0.15, -0.1) is 0 Å². The standard InChI is InChI=1S/C26H18BrF2N3O3/c27-15-1-7-19-21(13-15)30-12-9-22(19)35-23-8-6-18(14-20(23)29)32-25(34)26(10-11-26)24(33)31-17-4-2-16(28)3-5-17/h1-9,12-14H,10-11H2,(H,31,33)(H,32,34). The number of carbonyl (C=O) groups excluding carboxylic acids is 2. The highest BCUT2D eigenvalue weighted by molar-refractivity contribution is 9.10. The molecule has 5 rings (SSSR count). The average Bonchev–Trinajstić information content (AvgIpc) is 3.65. The van der Waals surface area contributed by atoms with E-state index in [-0.39, 0.29) is 11.4 Å². The molecule has 0 radical (unpaired) electrons. The quantitative estimate of drug-likeness (QED) is 0.278. The summed E-state index contributed by atoms with van der Waals surface area (Å²) >= 11 is 3.40. The third-order valence-electron chi connectivity index (χ3n) is 5.80. The first-order valence-corrected chi connectivity index (χ1v) is 11.5. The van der Waals surface area contributed by atoms with Gasteiger partial charge in [0.2, 0.25) is 11.8 Å². The van der Waals surface area contributed by atoms with Crippen molar-refractivity contribution in [1.29, 1.82) is 0 Å². The maximum absolute atomic E-state index is 14.8. The van der Waals surface area contributed by atoms with Gasteiger partial charge in [-0.3, -0.25) is 14.6 Å². The third kappa shape index (κ3) is 4.72. The van der Waals surface area contributed by atoms with Crippen molar-refractivity contribution in [3.8, 4) is 11.5 Å². The molecule has 1 aliphatic rings. The molecule has 4 aromatic rings. The molecular formula is C26H18BrF2N3O3. The Hall–Kier alpha value is -3.85. The Morgan fingerprint density at radius 2 is 1.54 bits per heavy atom. The lowest BCUT2D eigenvalue weighted by Crippen LogP contribution is -2.35. The number of ether oxygens (including phenoxy) is 1. The molecule has 176 valence electrons. The van der Waals surface area contributed by atoms with Gasteiger partial charge in [0.25, 0.3) is 0 Å². The van der Waals surface area contributed by atoms with Crippen LogP contribution < -0.4 is 15.4 Å². The summed E-state index contributed by atoms with van der Waals surface area (Å²) < 4.78 is 34.6. The second-order valence-corrected chi connectivity index (χ2v) is 9.13. The van der Waals surface area contributed by atoms with Crippen LogP contribution in [0.1, 0.15) is 12.8 Å². The second-order valence-electron chi connectivity index (χ2n) is 8.22. The molecule has 35 heavy (non-hydrogen) atoms. The molecule has 1 aliphatic carbocycles. The van der Waals surface area contributed by atoms with Crippen molar-refractivity contribution >= 4 is 50.0 Å². The van der Waals surface area contributed by atoms with Gasteiger partial charge in [-0.2, -0.15) is 0 Å². The summed E-state index contributed by atoms with van der Waals surface area (Å²) in [5.74, 6) is -1.71. The van der Waals surface area contributed by atoms with Gasteiger partial charge in [0, 0.05) is 33.5 Å². The van der Waals surface area contributed by atoms with Crippen LogP contribution in [0.15, 0.2) is 77.4 Å². The number of rotatable bonds is 6. The minimum Gasteiger partial charge on any atom is -0.454 e. The van der Waals surface area contributed by atoms with Crippen LogP contribution in [0.4, 0.5) is 20.2 Å². The van der Waals surface area contributed by atoms with E-state index in [9.17, 15) is 18.4 Å². The van der Waals surface area contributed by atoms with Gasteiger partial charge in [0.05, 0.1) is 5.52 Å². The van der Waals surface area contributed by atoms with Crippen LogP contribution >= 0.6 is 15.9 Å². The fourth-order valence-corrected chi connectivity index (χ4v) is 4.03. The van der Waals surface area contributed by atoms with Crippen LogP contribution in [0.3, 0.4) is 0 Å². The number of anilines is 2. The fourth-order valence-electron chi connectivity index (χ4n) is 3.68. The Kier molecular flexibility index (Phi) is 5.94. The first-order chi connectivity index (χ1) is 16.8. The monoisotopic (exact) mass is 537 g/mol. The van der Waals surface area contributed by atoms with E-state index in [1.165, 1.54) is 36.4 Å². The summed E-state index contributed by atoms with van der Waals surface area (Å²) in [7, 11) is 0. The van der Waals surface area contributed by atoms with Crippen LogP contribution in [-0.2, 0) is 9.59 Å². The van der Waals surface area contributed by atoms with Crippen LogP contribution in [0.2, 0.25) is 0 Å². The van der Waals surface area contributed by atoms with E-state index >= 15 is 0 Å². The van der Waals surface area contributed by atoms with E-state index < -0.39 is 28.9 Å². The molecular weight excluding hydrogens is 520 g/mol. The number of hydrogen-bond donors (Lipinski definition) is 2. The van der Waals surface area contributed by atoms with Crippen molar-refractivity contribution in [2.45, 2.75) is 12.8 Å². The van der Waals surface area contributed by atoms with Gasteiger partial charge < -0.3 is 15.4 Å². The second kappa shape index (κ2) is 9.07. The Morgan fingerprint density at radius 1 is 0.857 bits per heavy atom. The molecule has 1 heterocycles. The lowest BCUT2D eigenvalue weighted by Gasteiger charge is -2.16. The number of nitrogens with one attached hydrogen (secondary N) is 2. The van der Waals surface area contributed by atoms with Crippen molar-refractivity contribution in [1.82, 2.24) is 4.98 Å². The van der Waals surface area contributed by atoms with E-state index in [1.807, 2.05) is 18.2 Å². The van der Waals surface area contributed by atoms with Crippen molar-refractivity contribution in [2.24, 2.45) is 5.41 Å². The zero-order chi connectivity index (χ0) is 24.6. The maximum atomic E-state index is 14.8. The number of fused-ring (bicyclic) bond motifs is 1. The summed E-state index contributed by atoms with van der Waals surface area (Å²) in [6, 6.07) is 16.5. The van der Waals surface area contributed by atoms with Crippen molar-refractivity contribution < 1.29 is 23.1 Å². The summed E-state index contributed by atoms with van der Waals surface area (Å²) in [4.78, 5) is 29.8. The fraction of sp³-hybridized carbons (Fsp3) is 0.115. The normalized spacial score (nSPS) is 13.8. The number of benzene rings is 3. The van der Waals surface area contributed by atoms with Crippen molar-refractivity contribution in [3.63, 3.8) is 0 Å². The van der Waals surface area contributed by atoms with Crippen molar-refractivity contribution in [3.05, 3.63) is 89.0 Å². The lowest BCUT2D eigenvalue weighted by molar-refractivity contribution is -0.131. The number of hydrogen-bond acceptors (Lipinski definition) is 4. The SMILES string of the molecule is O=C(Nc1ccc(F)cc1)C1(C(=O)Nc2ccc(Oc3ccnc4cc(Br)ccc34)c(F)c2)CC1. The Labute approximate surface area is 207 Å². The predicted molar refractivity (Wildman–Crippen MR) is 131 cm³/mol. The van der Waals surface area contributed by atoms with Crippen LogP contribution in [0.25, 0.3) is 10.9 Å². The van der Waals surface area contributed by atoms with Crippen molar-refractivity contribution in [2.75, 3.05) is 10.6 Å². The number of aromatic nitrogens is 1. The average molecular weight is 538 g/mol. The van der Waals surface area contributed by atoms with E-state index in [0.717, 1.165) is 15.9 Å². The zero-order valence-corrected chi connectivity index (χ0v) is 19.7. The molecule has 6 nitrogen and oxygen atoms in total. The molecule has 1 aromatic heterocycles. The van der Waals surface area contributed by atoms with Gasteiger partial charge in [0.15, 0.2) is 11.6 Å². The smallest absolute Gasteiger partial charge is 0.240 e. The van der Waals surface area contributed by atoms with Gasteiger partial charge in [-0.1, -0.05) is 15.9 Å². The Balaban J connectivity index is 1.29. The van der Waals surface area contributed by atoms with Crippen LogP contribution in [-0.4, -0.2) is 16.8 Å². The van der Waals surface area contributed by atoms with Crippen LogP contribution in [0, 0.1) is 17.0 Å². The molecule has 1 saturated carbocycles. The first-order valence-electron chi connectivity index (χ1n) is 10.7. The molecule has 2 amide bonds. The maximum Gasteiger partial charge on any atom is 0.240 e. The van der Waals surface area contributed by atoms with E-state index in [1.54, 1.807) is 12.3 Å². The van der Waals surface area contributed by atoms with Gasteiger partial charge in [0.1, 0.15) is 17.0 Å². The first kappa shape index (κ1) is 22.9. The molecule has 0 aliphatic heterocycles. The molecule has 1 fully saturated rings. The highest BCUT2D eigenvalue weighted by atomic mass is 79.9. The molecule has 0 spiro atoms. The van der Waals surface area contributed by atoms with E-state index in [2.05, 4.69) is 31.5 Å². The molecule has 3 aromatic carbocycles. The number of pyridine rings is 1.